The molecule has 0 radical (unpaired) electrons. The quantitative estimate of drug-likeness (QED) is 0.827. The van der Waals surface area contributed by atoms with Crippen LogP contribution in [0.25, 0.3) is 0 Å². The second kappa shape index (κ2) is 6.54. The Morgan fingerprint density at radius 2 is 1.90 bits per heavy atom. The average Bonchev–Trinajstić information content (AvgIpc) is 3.34. The van der Waals surface area contributed by atoms with Gasteiger partial charge in [0.25, 0.3) is 0 Å². The summed E-state index contributed by atoms with van der Waals surface area (Å²) >= 11 is 0. The second-order valence-corrected chi connectivity index (χ2v) is 5.76. The van der Waals surface area contributed by atoms with E-state index in [0.717, 1.165) is 18.4 Å². The highest BCUT2D eigenvalue weighted by Gasteiger charge is 2.31. The van der Waals surface area contributed by atoms with Crippen LogP contribution in [0.2, 0.25) is 0 Å². The molecule has 1 aromatic carbocycles. The molecular formula is C16H21FN2O2. The van der Waals surface area contributed by atoms with Crippen LogP contribution in [0.1, 0.15) is 18.4 Å². The predicted molar refractivity (Wildman–Crippen MR) is 77.2 cm³/mol. The van der Waals surface area contributed by atoms with Crippen LogP contribution in [0, 0.1) is 5.82 Å². The lowest BCUT2D eigenvalue weighted by molar-refractivity contribution is -0.136. The van der Waals surface area contributed by atoms with E-state index in [9.17, 15) is 9.18 Å². The first-order valence-corrected chi connectivity index (χ1v) is 7.56. The Balaban J connectivity index is 1.59. The number of rotatable bonds is 5. The van der Waals surface area contributed by atoms with Crippen LogP contribution >= 0.6 is 0 Å². The Morgan fingerprint density at radius 3 is 2.52 bits per heavy atom. The monoisotopic (exact) mass is 292 g/mol. The zero-order valence-corrected chi connectivity index (χ0v) is 12.1. The SMILES string of the molecule is O=C(CN(Cc1ccc(F)cc1)C1CC1)N1CCOCC1. The Hall–Kier alpha value is -1.46. The fraction of sp³-hybridized carbons (Fsp3) is 0.562. The average molecular weight is 292 g/mol. The number of hydrogen-bond donors (Lipinski definition) is 0. The fourth-order valence-corrected chi connectivity index (χ4v) is 2.66. The summed E-state index contributed by atoms with van der Waals surface area (Å²) < 4.78 is 18.2. The van der Waals surface area contributed by atoms with Gasteiger partial charge in [0.2, 0.25) is 5.91 Å². The molecule has 1 aromatic rings. The van der Waals surface area contributed by atoms with Crippen molar-refractivity contribution < 1.29 is 13.9 Å². The van der Waals surface area contributed by atoms with E-state index < -0.39 is 0 Å². The van der Waals surface area contributed by atoms with Crippen molar-refractivity contribution in [3.63, 3.8) is 0 Å². The summed E-state index contributed by atoms with van der Waals surface area (Å²) in [7, 11) is 0. The lowest BCUT2D eigenvalue weighted by Gasteiger charge is -2.30. The summed E-state index contributed by atoms with van der Waals surface area (Å²) in [5.74, 6) is -0.0478. The molecule has 21 heavy (non-hydrogen) atoms. The number of ether oxygens (including phenoxy) is 1. The highest BCUT2D eigenvalue weighted by molar-refractivity contribution is 5.78. The number of hydrogen-bond acceptors (Lipinski definition) is 3. The van der Waals surface area contributed by atoms with Crippen LogP contribution in [0.3, 0.4) is 0 Å². The molecule has 0 N–H and O–H groups in total. The summed E-state index contributed by atoms with van der Waals surface area (Å²) in [6.07, 6.45) is 2.30. The van der Waals surface area contributed by atoms with Crippen molar-refractivity contribution in [1.29, 1.82) is 0 Å². The maximum Gasteiger partial charge on any atom is 0.236 e. The number of morpholine rings is 1. The van der Waals surface area contributed by atoms with Gasteiger partial charge in [0.15, 0.2) is 0 Å². The van der Waals surface area contributed by atoms with Crippen LogP contribution in [0.15, 0.2) is 24.3 Å². The minimum absolute atomic E-state index is 0.173. The first-order valence-electron chi connectivity index (χ1n) is 7.56. The highest BCUT2D eigenvalue weighted by Crippen LogP contribution is 2.28. The van der Waals surface area contributed by atoms with Crippen molar-refractivity contribution in [2.24, 2.45) is 0 Å². The van der Waals surface area contributed by atoms with Gasteiger partial charge in [-0.1, -0.05) is 12.1 Å². The van der Waals surface area contributed by atoms with Gasteiger partial charge in [-0.2, -0.15) is 0 Å². The van der Waals surface area contributed by atoms with Gasteiger partial charge in [-0.3, -0.25) is 9.69 Å². The Bertz CT molecular complexity index is 482. The molecule has 1 aliphatic heterocycles. The van der Waals surface area contributed by atoms with Crippen LogP contribution in [-0.2, 0) is 16.1 Å². The van der Waals surface area contributed by atoms with Crippen molar-refractivity contribution >= 4 is 5.91 Å². The number of carbonyl (C=O) groups is 1. The third-order valence-corrected chi connectivity index (χ3v) is 4.06. The largest absolute Gasteiger partial charge is 0.378 e. The first kappa shape index (κ1) is 14.5. The summed E-state index contributed by atoms with van der Waals surface area (Å²) in [5.41, 5.74) is 1.05. The van der Waals surface area contributed by atoms with E-state index in [4.69, 9.17) is 4.74 Å². The van der Waals surface area contributed by atoms with Crippen LogP contribution in [0.4, 0.5) is 4.39 Å². The zero-order valence-electron chi connectivity index (χ0n) is 12.1. The molecule has 4 nitrogen and oxygen atoms in total. The van der Waals surface area contributed by atoms with Crippen LogP contribution < -0.4 is 0 Å². The molecule has 1 amide bonds. The summed E-state index contributed by atoms with van der Waals surface area (Å²) in [6, 6.07) is 7.04. The number of amides is 1. The van der Waals surface area contributed by atoms with Crippen molar-refractivity contribution in [2.75, 3.05) is 32.8 Å². The molecule has 0 unspecified atom stereocenters. The summed E-state index contributed by atoms with van der Waals surface area (Å²) in [6.45, 7) is 3.80. The van der Waals surface area contributed by atoms with Gasteiger partial charge < -0.3 is 9.64 Å². The molecule has 1 aliphatic carbocycles. The maximum atomic E-state index is 13.0. The van der Waals surface area contributed by atoms with E-state index in [1.807, 2.05) is 4.90 Å². The van der Waals surface area contributed by atoms with Gasteiger partial charge in [-0.25, -0.2) is 4.39 Å². The third kappa shape index (κ3) is 4.02. The van der Waals surface area contributed by atoms with Gasteiger partial charge in [0.05, 0.1) is 19.8 Å². The second-order valence-electron chi connectivity index (χ2n) is 5.76. The van der Waals surface area contributed by atoms with E-state index in [-0.39, 0.29) is 11.7 Å². The third-order valence-electron chi connectivity index (χ3n) is 4.06. The molecule has 2 aliphatic rings. The molecule has 0 spiro atoms. The molecule has 3 rings (SSSR count). The van der Waals surface area contributed by atoms with E-state index >= 15 is 0 Å². The summed E-state index contributed by atoms with van der Waals surface area (Å²) in [4.78, 5) is 16.4. The number of carbonyl (C=O) groups excluding carboxylic acids is 1. The Morgan fingerprint density at radius 1 is 1.24 bits per heavy atom. The molecule has 0 bridgehead atoms. The minimum atomic E-state index is -0.221. The molecule has 1 saturated heterocycles. The molecule has 5 heteroatoms. The van der Waals surface area contributed by atoms with Gasteiger partial charge in [0.1, 0.15) is 5.82 Å². The standard InChI is InChI=1S/C16H21FN2O2/c17-14-3-1-13(2-4-14)11-19(15-5-6-15)12-16(20)18-7-9-21-10-8-18/h1-4,15H,5-12H2. The topological polar surface area (TPSA) is 32.8 Å². The molecule has 0 atom stereocenters. The van der Waals surface area contributed by atoms with Gasteiger partial charge in [-0.05, 0) is 30.5 Å². The smallest absolute Gasteiger partial charge is 0.236 e. The van der Waals surface area contributed by atoms with Crippen molar-refractivity contribution in [3.8, 4) is 0 Å². The molecule has 1 saturated carbocycles. The molecular weight excluding hydrogens is 271 g/mol. The van der Waals surface area contributed by atoms with Crippen LogP contribution in [-0.4, -0.2) is 54.6 Å². The van der Waals surface area contributed by atoms with Crippen molar-refractivity contribution in [1.82, 2.24) is 9.80 Å². The predicted octanol–water partition coefficient (Wildman–Crippen LogP) is 1.65. The number of nitrogens with zero attached hydrogens (tertiary/aromatic N) is 2. The Labute approximate surface area is 124 Å². The van der Waals surface area contributed by atoms with E-state index in [1.165, 1.54) is 12.1 Å². The maximum absolute atomic E-state index is 13.0. The zero-order chi connectivity index (χ0) is 14.7. The Kier molecular flexibility index (Phi) is 4.51. The highest BCUT2D eigenvalue weighted by atomic mass is 19.1. The molecule has 114 valence electrons. The van der Waals surface area contributed by atoms with Gasteiger partial charge in [-0.15, -0.1) is 0 Å². The number of benzene rings is 1. The summed E-state index contributed by atoms with van der Waals surface area (Å²) in [5, 5.41) is 0. The molecule has 0 aromatic heterocycles. The first-order chi connectivity index (χ1) is 10.2. The van der Waals surface area contributed by atoms with E-state index in [1.54, 1.807) is 12.1 Å². The van der Waals surface area contributed by atoms with Crippen molar-refractivity contribution in [2.45, 2.75) is 25.4 Å². The minimum Gasteiger partial charge on any atom is -0.378 e. The van der Waals surface area contributed by atoms with Crippen LogP contribution in [0.5, 0.6) is 0 Å². The van der Waals surface area contributed by atoms with Gasteiger partial charge in [0, 0.05) is 25.7 Å². The van der Waals surface area contributed by atoms with E-state index in [0.29, 0.717) is 45.4 Å². The normalized spacial score (nSPS) is 19.0. The van der Waals surface area contributed by atoms with E-state index in [2.05, 4.69) is 4.90 Å². The molecule has 1 heterocycles. The fourth-order valence-electron chi connectivity index (χ4n) is 2.66. The molecule has 2 fully saturated rings. The van der Waals surface area contributed by atoms with Gasteiger partial charge >= 0.3 is 0 Å². The lowest BCUT2D eigenvalue weighted by Crippen LogP contribution is -2.46. The lowest BCUT2D eigenvalue weighted by atomic mass is 10.2. The number of halogens is 1. The van der Waals surface area contributed by atoms with Crippen molar-refractivity contribution in [3.05, 3.63) is 35.6 Å².